The van der Waals surface area contributed by atoms with Crippen molar-refractivity contribution in [1.82, 2.24) is 24.6 Å². The molecule has 3 heterocycles. The Kier molecular flexibility index (Phi) is 4.85. The minimum absolute atomic E-state index is 0.191. The number of nitrogens with zero attached hydrogens (tertiary/aromatic N) is 4. The number of rotatable bonds is 6. The van der Waals surface area contributed by atoms with Crippen LogP contribution in [0.5, 0.6) is 0 Å². The highest BCUT2D eigenvalue weighted by Crippen LogP contribution is 2.23. The summed E-state index contributed by atoms with van der Waals surface area (Å²) in [6, 6.07) is 18.6. The molecule has 0 aliphatic carbocycles. The zero-order valence-electron chi connectivity index (χ0n) is 15.6. The zero-order valence-corrected chi connectivity index (χ0v) is 15.6. The molecule has 136 valence electrons. The average molecular weight is 357 g/mol. The Morgan fingerprint density at radius 1 is 1.04 bits per heavy atom. The van der Waals surface area contributed by atoms with E-state index in [2.05, 4.69) is 69.6 Å². The van der Waals surface area contributed by atoms with Gasteiger partial charge in [-0.25, -0.2) is 4.68 Å². The van der Waals surface area contributed by atoms with Crippen LogP contribution in [0.4, 0.5) is 0 Å². The van der Waals surface area contributed by atoms with Crippen LogP contribution in [0, 0.1) is 6.92 Å². The lowest BCUT2D eigenvalue weighted by Gasteiger charge is -2.16. The van der Waals surface area contributed by atoms with Crippen LogP contribution in [-0.2, 0) is 6.54 Å². The molecule has 0 aliphatic rings. The molecule has 0 bridgehead atoms. The largest absolute Gasteiger partial charge is 0.338 e. The van der Waals surface area contributed by atoms with Gasteiger partial charge in [0.25, 0.3) is 0 Å². The third-order valence-electron chi connectivity index (χ3n) is 4.68. The molecule has 5 nitrogen and oxygen atoms in total. The van der Waals surface area contributed by atoms with E-state index in [-0.39, 0.29) is 6.17 Å². The molecule has 0 radical (unpaired) electrons. The molecule has 1 N–H and O–H groups in total. The molecule has 27 heavy (non-hydrogen) atoms. The van der Waals surface area contributed by atoms with Gasteiger partial charge in [0.15, 0.2) is 0 Å². The summed E-state index contributed by atoms with van der Waals surface area (Å²) in [7, 11) is 0. The summed E-state index contributed by atoms with van der Waals surface area (Å²) in [6.07, 6.45) is 8.12. The maximum absolute atomic E-state index is 4.47. The predicted octanol–water partition coefficient (Wildman–Crippen LogP) is 4.35. The van der Waals surface area contributed by atoms with Gasteiger partial charge in [0.2, 0.25) is 0 Å². The number of hydrogen-bond donors (Lipinski definition) is 1. The standard InChI is InChI=1S/C22H23N5/c1-17-8-9-21(15-23-17)27-22(10-12-25-27)20-11-13-26(16-20)18(2)24-14-19-6-4-3-5-7-19/h3-13,15-16,18,24H,14H2,1-2H3. The van der Waals surface area contributed by atoms with E-state index in [0.717, 1.165) is 29.2 Å². The summed E-state index contributed by atoms with van der Waals surface area (Å²) in [4.78, 5) is 4.38. The normalized spacial score (nSPS) is 12.2. The first-order valence-corrected chi connectivity index (χ1v) is 9.13. The van der Waals surface area contributed by atoms with E-state index in [1.165, 1.54) is 5.56 Å². The fourth-order valence-corrected chi connectivity index (χ4v) is 3.09. The third-order valence-corrected chi connectivity index (χ3v) is 4.68. The molecule has 3 aromatic heterocycles. The van der Waals surface area contributed by atoms with E-state index in [1.54, 1.807) is 0 Å². The summed E-state index contributed by atoms with van der Waals surface area (Å²) in [5, 5.41) is 8.03. The predicted molar refractivity (Wildman–Crippen MR) is 108 cm³/mol. The molecular formula is C22H23N5. The van der Waals surface area contributed by atoms with Crippen LogP contribution in [0.2, 0.25) is 0 Å². The van der Waals surface area contributed by atoms with Crippen molar-refractivity contribution in [2.24, 2.45) is 0 Å². The summed E-state index contributed by atoms with van der Waals surface area (Å²) in [6.45, 7) is 4.98. The van der Waals surface area contributed by atoms with Gasteiger partial charge < -0.3 is 4.57 Å². The zero-order chi connectivity index (χ0) is 18.6. The van der Waals surface area contributed by atoms with E-state index in [9.17, 15) is 0 Å². The van der Waals surface area contributed by atoms with Crippen LogP contribution in [0.15, 0.2) is 79.4 Å². The van der Waals surface area contributed by atoms with Crippen molar-refractivity contribution in [3.05, 3.63) is 90.6 Å². The lowest BCUT2D eigenvalue weighted by molar-refractivity contribution is 0.437. The number of benzene rings is 1. The van der Waals surface area contributed by atoms with Gasteiger partial charge in [0.1, 0.15) is 0 Å². The highest BCUT2D eigenvalue weighted by atomic mass is 15.3. The second-order valence-corrected chi connectivity index (χ2v) is 6.68. The molecule has 0 fully saturated rings. The van der Waals surface area contributed by atoms with Gasteiger partial charge in [-0.3, -0.25) is 10.3 Å². The Bertz CT molecular complexity index is 999. The highest BCUT2D eigenvalue weighted by molar-refractivity contribution is 5.61. The van der Waals surface area contributed by atoms with E-state index in [0.29, 0.717) is 0 Å². The highest BCUT2D eigenvalue weighted by Gasteiger charge is 2.11. The van der Waals surface area contributed by atoms with Gasteiger partial charge >= 0.3 is 0 Å². The second kappa shape index (κ2) is 7.60. The Hall–Kier alpha value is -3.18. The number of pyridine rings is 1. The van der Waals surface area contributed by atoms with Crippen LogP contribution in [0.25, 0.3) is 16.9 Å². The van der Waals surface area contributed by atoms with Crippen LogP contribution < -0.4 is 5.32 Å². The Balaban J connectivity index is 1.51. The lowest BCUT2D eigenvalue weighted by Crippen LogP contribution is -2.22. The fraction of sp³-hybridized carbons (Fsp3) is 0.182. The Morgan fingerprint density at radius 3 is 2.67 bits per heavy atom. The van der Waals surface area contributed by atoms with Crippen molar-refractivity contribution in [2.45, 2.75) is 26.6 Å². The lowest BCUT2D eigenvalue weighted by atomic mass is 10.2. The summed E-state index contributed by atoms with van der Waals surface area (Å²) in [5.41, 5.74) is 5.42. The minimum atomic E-state index is 0.191. The number of nitrogens with one attached hydrogen (secondary N) is 1. The molecule has 0 saturated carbocycles. The van der Waals surface area contributed by atoms with Crippen LogP contribution in [0.3, 0.4) is 0 Å². The van der Waals surface area contributed by atoms with Crippen LogP contribution in [0.1, 0.15) is 24.3 Å². The van der Waals surface area contributed by atoms with E-state index in [1.807, 2.05) is 48.3 Å². The summed E-state index contributed by atoms with van der Waals surface area (Å²) >= 11 is 0. The molecule has 4 rings (SSSR count). The minimum Gasteiger partial charge on any atom is -0.338 e. The van der Waals surface area contributed by atoms with Gasteiger partial charge in [-0.15, -0.1) is 0 Å². The van der Waals surface area contributed by atoms with Gasteiger partial charge in [0, 0.05) is 30.2 Å². The first-order valence-electron chi connectivity index (χ1n) is 9.13. The van der Waals surface area contributed by atoms with Gasteiger partial charge in [-0.05, 0) is 43.7 Å². The van der Waals surface area contributed by atoms with Crippen LogP contribution >= 0.6 is 0 Å². The van der Waals surface area contributed by atoms with Crippen LogP contribution in [-0.4, -0.2) is 19.3 Å². The first kappa shape index (κ1) is 17.2. The van der Waals surface area contributed by atoms with Crippen molar-refractivity contribution in [3.8, 4) is 16.9 Å². The van der Waals surface area contributed by atoms with Gasteiger partial charge in [-0.2, -0.15) is 5.10 Å². The number of hydrogen-bond acceptors (Lipinski definition) is 3. The molecule has 1 aromatic carbocycles. The molecule has 4 aromatic rings. The summed E-state index contributed by atoms with van der Waals surface area (Å²) < 4.78 is 4.11. The maximum atomic E-state index is 4.47. The molecule has 1 unspecified atom stereocenters. The molecule has 1 atom stereocenters. The Morgan fingerprint density at radius 2 is 1.89 bits per heavy atom. The molecule has 0 aliphatic heterocycles. The topological polar surface area (TPSA) is 47.7 Å². The molecule has 0 saturated heterocycles. The average Bonchev–Trinajstić information content (AvgIpc) is 3.37. The van der Waals surface area contributed by atoms with Crippen molar-refractivity contribution in [3.63, 3.8) is 0 Å². The third kappa shape index (κ3) is 3.83. The van der Waals surface area contributed by atoms with E-state index in [4.69, 9.17) is 0 Å². The second-order valence-electron chi connectivity index (χ2n) is 6.68. The molecule has 0 spiro atoms. The smallest absolute Gasteiger partial charge is 0.0836 e. The van der Waals surface area contributed by atoms with Crippen molar-refractivity contribution in [2.75, 3.05) is 0 Å². The SMILES string of the molecule is Cc1ccc(-n2nccc2-c2ccn(C(C)NCc3ccccc3)c2)cn1. The monoisotopic (exact) mass is 357 g/mol. The van der Waals surface area contributed by atoms with E-state index >= 15 is 0 Å². The fourth-order valence-electron chi connectivity index (χ4n) is 3.09. The number of aromatic nitrogens is 4. The molecule has 5 heteroatoms. The van der Waals surface area contributed by atoms with Gasteiger partial charge in [0.05, 0.1) is 29.9 Å². The molecular weight excluding hydrogens is 334 g/mol. The molecule has 0 amide bonds. The Labute approximate surface area is 159 Å². The van der Waals surface area contributed by atoms with E-state index < -0.39 is 0 Å². The first-order chi connectivity index (χ1) is 13.2. The van der Waals surface area contributed by atoms with Crippen molar-refractivity contribution >= 4 is 0 Å². The maximum Gasteiger partial charge on any atom is 0.0836 e. The van der Waals surface area contributed by atoms with Crippen molar-refractivity contribution in [1.29, 1.82) is 0 Å². The number of aryl methyl sites for hydroxylation is 1. The van der Waals surface area contributed by atoms with Crippen molar-refractivity contribution < 1.29 is 0 Å². The van der Waals surface area contributed by atoms with Gasteiger partial charge in [-0.1, -0.05) is 30.3 Å². The quantitative estimate of drug-likeness (QED) is 0.558. The summed E-state index contributed by atoms with van der Waals surface area (Å²) in [5.74, 6) is 0.